The Balaban J connectivity index is 1.82. The summed E-state index contributed by atoms with van der Waals surface area (Å²) in [4.78, 5) is 30.3. The third-order valence-corrected chi connectivity index (χ3v) is 5.48. The summed E-state index contributed by atoms with van der Waals surface area (Å²) >= 11 is 0. The molecule has 1 heterocycles. The van der Waals surface area contributed by atoms with Crippen molar-refractivity contribution in [3.63, 3.8) is 0 Å². The fourth-order valence-corrected chi connectivity index (χ4v) is 3.61. The summed E-state index contributed by atoms with van der Waals surface area (Å²) in [5, 5.41) is 0. The van der Waals surface area contributed by atoms with Crippen molar-refractivity contribution in [3.8, 4) is 5.75 Å². The standard InChI is InChI=1S/C27H32N2O4/c1-27(2,3)29(26(31)23-14-8-9-15-24(23)32-4)20-25(30)28(19-22-13-10-18-33-22)17-16-21-11-6-5-7-12-21/h5-15,18H,16-17,19-20H2,1-4H3. The molecule has 6 heteroatoms. The summed E-state index contributed by atoms with van der Waals surface area (Å²) < 4.78 is 10.9. The Bertz CT molecular complexity index is 1040. The highest BCUT2D eigenvalue weighted by Gasteiger charge is 2.32. The van der Waals surface area contributed by atoms with E-state index in [1.165, 1.54) is 7.11 Å². The van der Waals surface area contributed by atoms with E-state index in [1.54, 1.807) is 34.3 Å². The van der Waals surface area contributed by atoms with Gasteiger partial charge >= 0.3 is 0 Å². The summed E-state index contributed by atoms with van der Waals surface area (Å²) in [6.45, 7) is 6.59. The van der Waals surface area contributed by atoms with Gasteiger partial charge in [-0.15, -0.1) is 0 Å². The zero-order chi connectivity index (χ0) is 23.8. The van der Waals surface area contributed by atoms with Crippen LogP contribution in [0.5, 0.6) is 5.75 Å². The Kier molecular flexibility index (Phi) is 7.93. The summed E-state index contributed by atoms with van der Waals surface area (Å²) in [6, 6.07) is 20.8. The number of methoxy groups -OCH3 is 1. The maximum absolute atomic E-state index is 13.5. The van der Waals surface area contributed by atoms with Crippen LogP contribution in [0.2, 0.25) is 0 Å². The van der Waals surface area contributed by atoms with Crippen molar-refractivity contribution >= 4 is 11.8 Å². The normalized spacial score (nSPS) is 11.2. The molecule has 0 aliphatic carbocycles. The van der Waals surface area contributed by atoms with Crippen LogP contribution in [0.4, 0.5) is 0 Å². The number of nitrogens with zero attached hydrogens (tertiary/aromatic N) is 2. The molecule has 0 radical (unpaired) electrons. The second-order valence-corrected chi connectivity index (χ2v) is 8.89. The second-order valence-electron chi connectivity index (χ2n) is 8.89. The first-order valence-electron chi connectivity index (χ1n) is 11.1. The lowest BCUT2D eigenvalue weighted by atomic mass is 10.0. The SMILES string of the molecule is COc1ccccc1C(=O)N(CC(=O)N(CCc1ccccc1)Cc1ccco1)C(C)(C)C. The number of benzene rings is 2. The molecule has 0 atom stereocenters. The number of hydrogen-bond acceptors (Lipinski definition) is 4. The molecule has 0 aliphatic heterocycles. The highest BCUT2D eigenvalue weighted by molar-refractivity contribution is 5.99. The molecule has 6 nitrogen and oxygen atoms in total. The molecule has 2 amide bonds. The number of para-hydroxylation sites is 1. The number of rotatable bonds is 9. The van der Waals surface area contributed by atoms with Crippen LogP contribution in [0, 0.1) is 0 Å². The van der Waals surface area contributed by atoms with E-state index in [0.717, 1.165) is 5.56 Å². The first kappa shape index (κ1) is 24.1. The maximum Gasteiger partial charge on any atom is 0.258 e. The van der Waals surface area contributed by atoms with E-state index in [0.29, 0.717) is 36.6 Å². The minimum Gasteiger partial charge on any atom is -0.496 e. The molecule has 0 bridgehead atoms. The Labute approximate surface area is 195 Å². The van der Waals surface area contributed by atoms with E-state index >= 15 is 0 Å². The van der Waals surface area contributed by atoms with Crippen molar-refractivity contribution in [2.45, 2.75) is 39.3 Å². The molecule has 33 heavy (non-hydrogen) atoms. The Morgan fingerprint density at radius 2 is 1.64 bits per heavy atom. The van der Waals surface area contributed by atoms with E-state index in [2.05, 4.69) is 0 Å². The van der Waals surface area contributed by atoms with Crippen LogP contribution in [0.15, 0.2) is 77.4 Å². The molecule has 174 valence electrons. The Hall–Kier alpha value is -3.54. The van der Waals surface area contributed by atoms with Gasteiger partial charge in [0, 0.05) is 12.1 Å². The van der Waals surface area contributed by atoms with Crippen LogP contribution in [0.25, 0.3) is 0 Å². The predicted molar refractivity (Wildman–Crippen MR) is 128 cm³/mol. The molecule has 2 aromatic carbocycles. The minimum absolute atomic E-state index is 0.0458. The average molecular weight is 449 g/mol. The first-order chi connectivity index (χ1) is 15.8. The van der Waals surface area contributed by atoms with Gasteiger partial charge in [-0.3, -0.25) is 9.59 Å². The molecule has 0 fully saturated rings. The van der Waals surface area contributed by atoms with Crippen molar-refractivity contribution in [1.29, 1.82) is 0 Å². The average Bonchev–Trinajstić information content (AvgIpc) is 3.32. The van der Waals surface area contributed by atoms with E-state index in [1.807, 2.05) is 69.3 Å². The number of carbonyl (C=O) groups is 2. The monoisotopic (exact) mass is 448 g/mol. The van der Waals surface area contributed by atoms with Gasteiger partial charge < -0.3 is 19.0 Å². The molecule has 0 saturated heterocycles. The van der Waals surface area contributed by atoms with Crippen molar-refractivity contribution in [2.24, 2.45) is 0 Å². The fraction of sp³-hybridized carbons (Fsp3) is 0.333. The number of furan rings is 1. The molecule has 0 aliphatic rings. The third kappa shape index (κ3) is 6.48. The molecule has 0 N–H and O–H groups in total. The quantitative estimate of drug-likeness (QED) is 0.472. The van der Waals surface area contributed by atoms with Crippen LogP contribution >= 0.6 is 0 Å². The molecular weight excluding hydrogens is 416 g/mol. The fourth-order valence-electron chi connectivity index (χ4n) is 3.61. The molecule has 0 spiro atoms. The van der Waals surface area contributed by atoms with Gasteiger partial charge in [-0.1, -0.05) is 42.5 Å². The second kappa shape index (κ2) is 10.9. The predicted octanol–water partition coefficient (Wildman–Crippen LogP) is 4.80. The van der Waals surface area contributed by atoms with Crippen molar-refractivity contribution in [3.05, 3.63) is 89.9 Å². The van der Waals surface area contributed by atoms with Gasteiger partial charge in [0.15, 0.2) is 0 Å². The van der Waals surface area contributed by atoms with E-state index in [-0.39, 0.29) is 18.4 Å². The van der Waals surface area contributed by atoms with Gasteiger partial charge in [0.2, 0.25) is 5.91 Å². The van der Waals surface area contributed by atoms with E-state index in [4.69, 9.17) is 9.15 Å². The van der Waals surface area contributed by atoms with Gasteiger partial charge in [0.05, 0.1) is 25.5 Å². The minimum atomic E-state index is -0.566. The van der Waals surface area contributed by atoms with Crippen molar-refractivity contribution in [1.82, 2.24) is 9.80 Å². The molecular formula is C27H32N2O4. The summed E-state index contributed by atoms with van der Waals surface area (Å²) in [6.07, 6.45) is 2.31. The molecule has 0 unspecified atom stereocenters. The van der Waals surface area contributed by atoms with Crippen LogP contribution in [0.3, 0.4) is 0 Å². The van der Waals surface area contributed by atoms with Gasteiger partial charge in [-0.05, 0) is 57.0 Å². The van der Waals surface area contributed by atoms with E-state index < -0.39 is 5.54 Å². The highest BCUT2D eigenvalue weighted by atomic mass is 16.5. The van der Waals surface area contributed by atoms with Gasteiger partial charge in [0.25, 0.3) is 5.91 Å². The lowest BCUT2D eigenvalue weighted by Gasteiger charge is -2.37. The van der Waals surface area contributed by atoms with Crippen molar-refractivity contribution in [2.75, 3.05) is 20.2 Å². The maximum atomic E-state index is 13.5. The van der Waals surface area contributed by atoms with Gasteiger partial charge in [-0.25, -0.2) is 0 Å². The van der Waals surface area contributed by atoms with Crippen LogP contribution in [-0.2, 0) is 17.8 Å². The Morgan fingerprint density at radius 1 is 0.939 bits per heavy atom. The molecule has 0 saturated carbocycles. The van der Waals surface area contributed by atoms with Crippen LogP contribution in [0.1, 0.15) is 42.5 Å². The lowest BCUT2D eigenvalue weighted by Crippen LogP contribution is -2.51. The number of hydrogen-bond donors (Lipinski definition) is 0. The smallest absolute Gasteiger partial charge is 0.258 e. The van der Waals surface area contributed by atoms with Crippen LogP contribution in [-0.4, -0.2) is 47.4 Å². The molecule has 3 aromatic rings. The summed E-state index contributed by atoms with van der Waals surface area (Å²) in [5.41, 5.74) is 1.01. The topological polar surface area (TPSA) is 63.0 Å². The zero-order valence-corrected chi connectivity index (χ0v) is 19.8. The van der Waals surface area contributed by atoms with E-state index in [9.17, 15) is 9.59 Å². The number of amides is 2. The highest BCUT2D eigenvalue weighted by Crippen LogP contribution is 2.24. The third-order valence-electron chi connectivity index (χ3n) is 5.48. The largest absolute Gasteiger partial charge is 0.496 e. The molecule has 3 rings (SSSR count). The number of carbonyl (C=O) groups excluding carboxylic acids is 2. The van der Waals surface area contributed by atoms with Gasteiger partial charge in [-0.2, -0.15) is 0 Å². The summed E-state index contributed by atoms with van der Waals surface area (Å²) in [7, 11) is 1.54. The van der Waals surface area contributed by atoms with Gasteiger partial charge in [0.1, 0.15) is 18.1 Å². The zero-order valence-electron chi connectivity index (χ0n) is 19.8. The van der Waals surface area contributed by atoms with Crippen LogP contribution < -0.4 is 4.74 Å². The summed E-state index contributed by atoms with van der Waals surface area (Å²) in [5.74, 6) is 0.810. The molecule has 1 aromatic heterocycles. The van der Waals surface area contributed by atoms with Crippen molar-refractivity contribution < 1.29 is 18.7 Å². The lowest BCUT2D eigenvalue weighted by molar-refractivity contribution is -0.133. The first-order valence-corrected chi connectivity index (χ1v) is 11.1. The number of ether oxygens (including phenoxy) is 1. The Morgan fingerprint density at radius 3 is 2.27 bits per heavy atom.